The summed E-state index contributed by atoms with van der Waals surface area (Å²) in [7, 11) is -1.95. The van der Waals surface area contributed by atoms with Gasteiger partial charge in [0.15, 0.2) is 20.2 Å². The summed E-state index contributed by atoms with van der Waals surface area (Å²) in [4.78, 5) is 4.31. The molecule has 0 aliphatic carbocycles. The van der Waals surface area contributed by atoms with Gasteiger partial charge in [0.1, 0.15) is 20.7 Å². The summed E-state index contributed by atoms with van der Waals surface area (Å²) in [6, 6.07) is 5.21. The van der Waals surface area contributed by atoms with Crippen LogP contribution in [-0.4, -0.2) is 41.1 Å². The van der Waals surface area contributed by atoms with Crippen molar-refractivity contribution in [3.8, 4) is 0 Å². The molecule has 0 fully saturated rings. The maximum Gasteiger partial charge on any atom is 0.191 e. The third-order valence-corrected chi connectivity index (χ3v) is 11.0. The number of hydrogen-bond acceptors (Lipinski definition) is 4. The van der Waals surface area contributed by atoms with Gasteiger partial charge in [-0.05, 0) is 67.0 Å². The van der Waals surface area contributed by atoms with E-state index < -0.39 is 30.6 Å². The van der Waals surface area contributed by atoms with E-state index in [9.17, 15) is 4.55 Å². The molecule has 0 aromatic carbocycles. The lowest BCUT2D eigenvalue weighted by Gasteiger charge is -2.36. The number of pyridine rings is 1. The molecule has 0 saturated carbocycles. The van der Waals surface area contributed by atoms with Crippen LogP contribution in [0.5, 0.6) is 0 Å². The molecular weight excluding hydrogens is 447 g/mol. The number of hydrogen-bond donors (Lipinski definition) is 0. The second kappa shape index (κ2) is 9.48. The Labute approximate surface area is 176 Å². The summed E-state index contributed by atoms with van der Waals surface area (Å²) in [5.41, 5.74) is 0.505. The van der Waals surface area contributed by atoms with Crippen molar-refractivity contribution in [2.24, 2.45) is 4.40 Å². The van der Waals surface area contributed by atoms with E-state index in [4.69, 9.17) is 4.43 Å². The van der Waals surface area contributed by atoms with Crippen LogP contribution in [0.2, 0.25) is 18.1 Å². The maximum absolute atomic E-state index is 15.1. The minimum absolute atomic E-state index is 0.0648. The molecule has 4 nitrogen and oxygen atoms in total. The van der Waals surface area contributed by atoms with E-state index in [1.807, 2.05) is 20.8 Å². The van der Waals surface area contributed by atoms with Gasteiger partial charge in [0, 0.05) is 13.0 Å². The fourth-order valence-corrected chi connectivity index (χ4v) is 3.88. The first-order valence-corrected chi connectivity index (χ1v) is 13.9. The first-order valence-electron chi connectivity index (χ1n) is 9.07. The number of aromatic nitrogens is 1. The monoisotopic (exact) mass is 478 g/mol. The highest BCUT2D eigenvalue weighted by molar-refractivity contribution is 9.10. The first-order chi connectivity index (χ1) is 12.1. The zero-order valence-electron chi connectivity index (χ0n) is 17.6. The second-order valence-electron chi connectivity index (χ2n) is 9.05. The van der Waals surface area contributed by atoms with Crippen molar-refractivity contribution in [3.05, 3.63) is 28.5 Å². The Morgan fingerprint density at radius 3 is 2.37 bits per heavy atom. The number of nitrogens with zero attached hydrogens (tertiary/aromatic N) is 2. The van der Waals surface area contributed by atoms with Crippen molar-refractivity contribution in [1.82, 2.24) is 4.98 Å². The van der Waals surface area contributed by atoms with Crippen LogP contribution in [0, 0.1) is 0 Å². The van der Waals surface area contributed by atoms with E-state index >= 15 is 4.39 Å². The first kappa shape index (κ1) is 24.8. The van der Waals surface area contributed by atoms with Gasteiger partial charge in [0.2, 0.25) is 0 Å². The van der Waals surface area contributed by atoms with Gasteiger partial charge < -0.3 is 8.98 Å². The van der Waals surface area contributed by atoms with Crippen molar-refractivity contribution in [2.45, 2.75) is 77.0 Å². The molecule has 1 unspecified atom stereocenters. The molecule has 0 N–H and O–H groups in total. The van der Waals surface area contributed by atoms with Crippen molar-refractivity contribution < 1.29 is 13.4 Å². The normalized spacial score (nSPS) is 16.3. The summed E-state index contributed by atoms with van der Waals surface area (Å²) < 4.78 is 37.9. The van der Waals surface area contributed by atoms with Gasteiger partial charge >= 0.3 is 0 Å². The molecule has 0 saturated heterocycles. The number of halogens is 2. The minimum Gasteiger partial charge on any atom is -0.591 e. The molecule has 2 atom stereocenters. The van der Waals surface area contributed by atoms with Crippen LogP contribution in [0.25, 0.3) is 0 Å². The van der Waals surface area contributed by atoms with E-state index in [0.717, 1.165) is 0 Å². The van der Waals surface area contributed by atoms with E-state index in [1.54, 1.807) is 18.2 Å². The smallest absolute Gasteiger partial charge is 0.191 e. The van der Waals surface area contributed by atoms with E-state index in [-0.39, 0.29) is 17.2 Å². The quantitative estimate of drug-likeness (QED) is 0.214. The zero-order chi connectivity index (χ0) is 21.0. The highest BCUT2D eigenvalue weighted by atomic mass is 79.9. The van der Waals surface area contributed by atoms with Crippen molar-refractivity contribution in [1.29, 1.82) is 0 Å². The second-order valence-corrected chi connectivity index (χ2v) is 16.6. The van der Waals surface area contributed by atoms with E-state index in [2.05, 4.69) is 59.2 Å². The molecule has 0 radical (unpaired) electrons. The third-order valence-electron chi connectivity index (χ3n) is 4.62. The largest absolute Gasteiger partial charge is 0.591 e. The van der Waals surface area contributed by atoms with Crippen LogP contribution < -0.4 is 0 Å². The molecule has 0 bridgehead atoms. The summed E-state index contributed by atoms with van der Waals surface area (Å²) >= 11 is 1.73. The van der Waals surface area contributed by atoms with Gasteiger partial charge in [0.25, 0.3) is 0 Å². The Morgan fingerprint density at radius 1 is 1.30 bits per heavy atom. The summed E-state index contributed by atoms with van der Waals surface area (Å²) in [5, 5.41) is 0.0648. The van der Waals surface area contributed by atoms with Crippen molar-refractivity contribution >= 4 is 41.3 Å². The predicted molar refractivity (Wildman–Crippen MR) is 119 cm³/mol. The molecule has 27 heavy (non-hydrogen) atoms. The van der Waals surface area contributed by atoms with Crippen molar-refractivity contribution in [2.75, 3.05) is 6.61 Å². The Bertz CT molecular complexity index is 660. The molecular formula is C19H32BrFN2O2SSi. The van der Waals surface area contributed by atoms with Gasteiger partial charge in [-0.2, -0.15) is 0 Å². The molecule has 8 heteroatoms. The maximum atomic E-state index is 15.1. The highest BCUT2D eigenvalue weighted by Crippen LogP contribution is 2.36. The standard InChI is InChI=1S/C19H32BrFN2O2SSi/c1-18(2,3)26(24)23-17(15-10-9-11-16(20)22-15)14(21)12-13-25-27(7,8)19(4,5)6/h9-11,14H,12-13H2,1-8H3/t14-,26?/m1/s1. The number of alkyl halides is 1. The predicted octanol–water partition coefficient (Wildman–Crippen LogP) is 5.85. The summed E-state index contributed by atoms with van der Waals surface area (Å²) in [5.74, 6) is 0. The van der Waals surface area contributed by atoms with Crippen LogP contribution in [0.3, 0.4) is 0 Å². The van der Waals surface area contributed by atoms with Crippen LogP contribution in [0.4, 0.5) is 4.39 Å². The average molecular weight is 480 g/mol. The van der Waals surface area contributed by atoms with E-state index in [1.165, 1.54) is 0 Å². The minimum atomic E-state index is -1.95. The van der Waals surface area contributed by atoms with Crippen LogP contribution in [0.1, 0.15) is 53.7 Å². The zero-order valence-corrected chi connectivity index (χ0v) is 21.0. The molecule has 1 rings (SSSR count). The molecule has 0 aliphatic heterocycles. The lowest BCUT2D eigenvalue weighted by molar-refractivity contribution is 0.250. The molecule has 1 aromatic heterocycles. The highest BCUT2D eigenvalue weighted by Gasteiger charge is 2.37. The van der Waals surface area contributed by atoms with Crippen molar-refractivity contribution in [3.63, 3.8) is 0 Å². The summed E-state index contributed by atoms with van der Waals surface area (Å²) in [6.07, 6.45) is -1.25. The van der Waals surface area contributed by atoms with Gasteiger partial charge in [-0.3, -0.25) is 0 Å². The summed E-state index contributed by atoms with van der Waals surface area (Å²) in [6.45, 7) is 16.5. The van der Waals surface area contributed by atoms with Crippen LogP contribution in [0.15, 0.2) is 27.2 Å². The SMILES string of the molecule is CC(C)(C)[S+]([O-])N=C(c1cccc(Br)n1)[C@H](F)CCO[Si](C)(C)C(C)(C)C. The molecule has 0 spiro atoms. The molecule has 1 aromatic rings. The average Bonchev–Trinajstić information content (AvgIpc) is 2.49. The lowest BCUT2D eigenvalue weighted by Crippen LogP contribution is -2.41. The Kier molecular flexibility index (Phi) is 8.69. The lowest BCUT2D eigenvalue weighted by atomic mass is 10.1. The van der Waals surface area contributed by atoms with E-state index in [0.29, 0.717) is 16.9 Å². The van der Waals surface area contributed by atoms with Gasteiger partial charge in [0.05, 0.1) is 5.69 Å². The van der Waals surface area contributed by atoms with Gasteiger partial charge in [-0.1, -0.05) is 31.2 Å². The molecule has 0 amide bonds. The molecule has 0 aliphatic rings. The Balaban J connectivity index is 3.01. The fourth-order valence-electron chi connectivity index (χ4n) is 1.81. The van der Waals surface area contributed by atoms with Crippen LogP contribution >= 0.6 is 15.9 Å². The topological polar surface area (TPSA) is 57.5 Å². The Morgan fingerprint density at radius 2 is 1.89 bits per heavy atom. The fraction of sp³-hybridized carbons (Fsp3) is 0.684. The van der Waals surface area contributed by atoms with Gasteiger partial charge in [-0.15, -0.1) is 0 Å². The third kappa shape index (κ3) is 7.57. The number of rotatable bonds is 7. The molecule has 1 heterocycles. The molecule has 154 valence electrons. The van der Waals surface area contributed by atoms with Gasteiger partial charge in [-0.25, -0.2) is 9.37 Å². The van der Waals surface area contributed by atoms with Crippen LogP contribution in [-0.2, 0) is 15.8 Å². The Hall–Kier alpha value is -0.283.